The molecule has 0 saturated carbocycles. The average molecular weight is 356 g/mol. The molecule has 5 aromatic rings. The molecule has 0 aromatic heterocycles. The third kappa shape index (κ3) is 2.00. The van der Waals surface area contributed by atoms with Crippen LogP contribution in [0.4, 0.5) is 0 Å². The van der Waals surface area contributed by atoms with Crippen molar-refractivity contribution in [2.45, 2.75) is 12.3 Å². The van der Waals surface area contributed by atoms with Crippen molar-refractivity contribution >= 4 is 21.5 Å². The molecular weight excluding hydrogens is 336 g/mol. The molecule has 0 spiro atoms. The van der Waals surface area contributed by atoms with Gasteiger partial charge in [0.15, 0.2) is 0 Å². The molecule has 0 nitrogen and oxygen atoms in total. The highest BCUT2D eigenvalue weighted by Crippen LogP contribution is 2.54. The van der Waals surface area contributed by atoms with Crippen LogP contribution in [0.1, 0.15) is 23.6 Å². The molecule has 0 heterocycles. The van der Waals surface area contributed by atoms with Crippen molar-refractivity contribution < 1.29 is 0 Å². The van der Waals surface area contributed by atoms with Gasteiger partial charge in [0.25, 0.3) is 0 Å². The Morgan fingerprint density at radius 2 is 0.857 bits per heavy atom. The molecular formula is C28H20. The summed E-state index contributed by atoms with van der Waals surface area (Å²) >= 11 is 0. The molecule has 0 heteroatoms. The number of benzene rings is 5. The van der Waals surface area contributed by atoms with E-state index in [-0.39, 0.29) is 5.41 Å². The van der Waals surface area contributed by atoms with Crippen LogP contribution in [0.3, 0.4) is 0 Å². The molecule has 28 heavy (non-hydrogen) atoms. The molecule has 6 rings (SSSR count). The highest BCUT2D eigenvalue weighted by Gasteiger charge is 2.41. The first-order valence-electron chi connectivity index (χ1n) is 9.87. The minimum atomic E-state index is -0.153. The van der Waals surface area contributed by atoms with E-state index in [4.69, 9.17) is 0 Å². The average Bonchev–Trinajstić information content (AvgIpc) is 3.00. The second-order valence-electron chi connectivity index (χ2n) is 7.98. The highest BCUT2D eigenvalue weighted by atomic mass is 14.4. The molecule has 0 N–H and O–H groups in total. The lowest BCUT2D eigenvalue weighted by molar-refractivity contribution is 0.716. The monoisotopic (exact) mass is 356 g/mol. The van der Waals surface area contributed by atoms with Gasteiger partial charge in [-0.1, -0.05) is 78.9 Å². The maximum Gasteiger partial charge on any atom is 0.0435 e. The molecule has 1 aliphatic carbocycles. The molecule has 0 unspecified atom stereocenters. The van der Waals surface area contributed by atoms with E-state index < -0.39 is 0 Å². The van der Waals surface area contributed by atoms with E-state index in [1.165, 1.54) is 49.4 Å². The topological polar surface area (TPSA) is 0 Å². The summed E-state index contributed by atoms with van der Waals surface area (Å²) in [6.07, 6.45) is 0. The van der Waals surface area contributed by atoms with Gasteiger partial charge in [0.05, 0.1) is 0 Å². The predicted molar refractivity (Wildman–Crippen MR) is 119 cm³/mol. The van der Waals surface area contributed by atoms with Gasteiger partial charge in [-0.05, 0) is 80.6 Å². The van der Waals surface area contributed by atoms with E-state index in [1.807, 2.05) is 0 Å². The van der Waals surface area contributed by atoms with Crippen molar-refractivity contribution in [2.24, 2.45) is 0 Å². The van der Waals surface area contributed by atoms with Gasteiger partial charge in [-0.15, -0.1) is 0 Å². The minimum absolute atomic E-state index is 0.153. The predicted octanol–water partition coefficient (Wildman–Crippen LogP) is 7.33. The summed E-state index contributed by atoms with van der Waals surface area (Å²) in [7, 11) is 0. The zero-order valence-electron chi connectivity index (χ0n) is 15.8. The van der Waals surface area contributed by atoms with Crippen molar-refractivity contribution in [3.05, 3.63) is 120 Å². The quantitative estimate of drug-likeness (QED) is 0.295. The zero-order valence-corrected chi connectivity index (χ0v) is 15.8. The first-order chi connectivity index (χ1) is 13.7. The highest BCUT2D eigenvalue weighted by molar-refractivity contribution is 5.98. The Bertz CT molecular complexity index is 1270. The van der Waals surface area contributed by atoms with Crippen LogP contribution in [0.5, 0.6) is 0 Å². The van der Waals surface area contributed by atoms with Crippen LogP contribution < -0.4 is 0 Å². The molecule has 0 atom stereocenters. The third-order valence-corrected chi connectivity index (χ3v) is 6.49. The second kappa shape index (κ2) is 5.56. The van der Waals surface area contributed by atoms with Gasteiger partial charge >= 0.3 is 0 Å². The first kappa shape index (κ1) is 15.7. The van der Waals surface area contributed by atoms with E-state index >= 15 is 0 Å². The van der Waals surface area contributed by atoms with E-state index in [0.29, 0.717) is 0 Å². The van der Waals surface area contributed by atoms with Gasteiger partial charge < -0.3 is 0 Å². The lowest BCUT2D eigenvalue weighted by atomic mass is 9.73. The Morgan fingerprint density at radius 1 is 0.464 bits per heavy atom. The van der Waals surface area contributed by atoms with Crippen LogP contribution >= 0.6 is 0 Å². The summed E-state index contributed by atoms with van der Waals surface area (Å²) in [5.41, 5.74) is 6.74. The van der Waals surface area contributed by atoms with Crippen molar-refractivity contribution in [1.29, 1.82) is 0 Å². The van der Waals surface area contributed by atoms with Crippen LogP contribution in [0, 0.1) is 0 Å². The molecule has 0 saturated heterocycles. The van der Waals surface area contributed by atoms with Crippen LogP contribution in [0.25, 0.3) is 32.7 Å². The maximum atomic E-state index is 2.41. The van der Waals surface area contributed by atoms with E-state index in [2.05, 4.69) is 110 Å². The summed E-state index contributed by atoms with van der Waals surface area (Å²) in [5, 5.41) is 5.22. The lowest BCUT2D eigenvalue weighted by Gasteiger charge is -2.28. The molecule has 0 radical (unpaired) electrons. The summed E-state index contributed by atoms with van der Waals surface area (Å²) < 4.78 is 0. The van der Waals surface area contributed by atoms with Gasteiger partial charge in [0.1, 0.15) is 0 Å². The Hall–Kier alpha value is -3.38. The molecule has 0 bridgehead atoms. The summed E-state index contributed by atoms with van der Waals surface area (Å²) in [5.74, 6) is 0. The van der Waals surface area contributed by atoms with Crippen molar-refractivity contribution in [3.63, 3.8) is 0 Å². The standard InChI is InChI=1S/C28H20/c1-28(23-13-3-2-4-14-23)26-17-21-11-7-5-9-19(21)15-24(26)25-16-20-10-6-8-12-22(20)18-27(25)28/h2-18H,1H3. The van der Waals surface area contributed by atoms with Gasteiger partial charge in [0, 0.05) is 5.41 Å². The van der Waals surface area contributed by atoms with Crippen LogP contribution in [0.15, 0.2) is 103 Å². The second-order valence-corrected chi connectivity index (χ2v) is 7.98. The largest absolute Gasteiger partial charge is 0.0622 e. The lowest BCUT2D eigenvalue weighted by Crippen LogP contribution is -2.22. The number of hydrogen-bond donors (Lipinski definition) is 0. The normalized spacial score (nSPS) is 14.2. The van der Waals surface area contributed by atoms with E-state index in [9.17, 15) is 0 Å². The van der Waals surface area contributed by atoms with Gasteiger partial charge in [-0.2, -0.15) is 0 Å². The van der Waals surface area contributed by atoms with Crippen molar-refractivity contribution in [1.82, 2.24) is 0 Å². The first-order valence-corrected chi connectivity index (χ1v) is 9.87. The SMILES string of the molecule is CC1(c2ccccc2)c2cc3ccccc3cc2-c2cc3ccccc3cc21. The number of fused-ring (bicyclic) bond motifs is 5. The van der Waals surface area contributed by atoms with Crippen molar-refractivity contribution in [2.75, 3.05) is 0 Å². The van der Waals surface area contributed by atoms with E-state index in [0.717, 1.165) is 0 Å². The smallest absolute Gasteiger partial charge is 0.0435 e. The van der Waals surface area contributed by atoms with Crippen LogP contribution in [0.2, 0.25) is 0 Å². The Morgan fingerprint density at radius 3 is 1.32 bits per heavy atom. The molecule has 0 aliphatic heterocycles. The number of hydrogen-bond acceptors (Lipinski definition) is 0. The third-order valence-electron chi connectivity index (χ3n) is 6.49. The Labute approximate surface area is 165 Å². The minimum Gasteiger partial charge on any atom is -0.0622 e. The fourth-order valence-corrected chi connectivity index (χ4v) is 4.98. The zero-order chi connectivity index (χ0) is 18.7. The van der Waals surface area contributed by atoms with Gasteiger partial charge in [-0.3, -0.25) is 0 Å². The van der Waals surface area contributed by atoms with Gasteiger partial charge in [-0.25, -0.2) is 0 Å². The van der Waals surface area contributed by atoms with Crippen molar-refractivity contribution in [3.8, 4) is 11.1 Å². The molecule has 0 amide bonds. The number of rotatable bonds is 1. The fourth-order valence-electron chi connectivity index (χ4n) is 4.98. The Kier molecular flexibility index (Phi) is 3.11. The van der Waals surface area contributed by atoms with Crippen LogP contribution in [-0.4, -0.2) is 0 Å². The van der Waals surface area contributed by atoms with Gasteiger partial charge in [0.2, 0.25) is 0 Å². The van der Waals surface area contributed by atoms with E-state index in [1.54, 1.807) is 0 Å². The summed E-state index contributed by atoms with van der Waals surface area (Å²) in [4.78, 5) is 0. The maximum absolute atomic E-state index is 2.41. The Balaban J connectivity index is 1.78. The van der Waals surface area contributed by atoms with Crippen LogP contribution in [-0.2, 0) is 5.41 Å². The fraction of sp³-hybridized carbons (Fsp3) is 0.0714. The summed E-state index contributed by atoms with van der Waals surface area (Å²) in [6, 6.07) is 37.9. The molecule has 132 valence electrons. The molecule has 0 fully saturated rings. The summed E-state index contributed by atoms with van der Waals surface area (Å²) in [6.45, 7) is 2.39. The molecule has 5 aromatic carbocycles. The molecule has 1 aliphatic rings.